The zero-order chi connectivity index (χ0) is 61.3. The molecule has 0 aromatic heterocycles. The number of hydrogen-bond donors (Lipinski definition) is 15. The second kappa shape index (κ2) is 23.8. The number of aliphatic hydroxyl groups excluding tert-OH is 15. The van der Waals surface area contributed by atoms with Crippen LogP contribution in [0.3, 0.4) is 0 Å². The van der Waals surface area contributed by atoms with Crippen LogP contribution in [-0.4, -0.2) is 263 Å². The second-order valence-corrected chi connectivity index (χ2v) is 28.2. The zero-order valence-corrected chi connectivity index (χ0v) is 49.1. The van der Waals surface area contributed by atoms with E-state index in [0.29, 0.717) is 44.9 Å². The van der Waals surface area contributed by atoms with Gasteiger partial charge in [-0.1, -0.05) is 53.2 Å². The standard InChI is InChI=1S/C58H94O26/c1-23-33(64)36(67)39(70)48(77-23)81-44-29(63)21-75-47(42(44)73)80-43-24(2)78-49(41(72)38(43)69)82-45-34(65)28(62)20-76-51(45)84-52(74)58-15-13-53(3,4)17-26(58)25-9-10-32-54(5)18-27(61)46(83-50-40(71)37(68)35(66)30(19-59)79-50)55(6,22-60)31(54)11-12-57(32,8)56(25,7)14-16-58/h9,23-24,26-51,59-73H,10-22H2,1-8H3. The van der Waals surface area contributed by atoms with Crippen LogP contribution in [0, 0.1) is 50.2 Å². The molecule has 4 saturated carbocycles. The fraction of sp³-hybridized carbons (Fsp3) is 0.948. The molecule has 33 unspecified atom stereocenters. The van der Waals surface area contributed by atoms with Gasteiger partial charge in [0.25, 0.3) is 0 Å². The van der Waals surface area contributed by atoms with Crippen molar-refractivity contribution in [2.75, 3.05) is 26.4 Å². The molecule has 9 fully saturated rings. The van der Waals surface area contributed by atoms with Crippen molar-refractivity contribution in [3.8, 4) is 0 Å². The number of allylic oxidation sites excluding steroid dienone is 2. The molecule has 482 valence electrons. The predicted octanol–water partition coefficient (Wildman–Crippen LogP) is -2.93. The molecule has 0 aromatic carbocycles. The van der Waals surface area contributed by atoms with Gasteiger partial charge in [-0.2, -0.15) is 0 Å². The van der Waals surface area contributed by atoms with Crippen molar-refractivity contribution in [1.29, 1.82) is 0 Å². The first-order valence-corrected chi connectivity index (χ1v) is 30.1. The summed E-state index contributed by atoms with van der Waals surface area (Å²) in [7, 11) is 0. The fourth-order valence-electron chi connectivity index (χ4n) is 17.5. The Kier molecular flexibility index (Phi) is 18.5. The van der Waals surface area contributed by atoms with Crippen LogP contribution in [-0.2, 0) is 52.2 Å². The lowest BCUT2D eigenvalue weighted by Crippen LogP contribution is -2.69. The van der Waals surface area contributed by atoms with E-state index < -0.39 is 201 Å². The highest BCUT2D eigenvalue weighted by molar-refractivity contribution is 5.79. The van der Waals surface area contributed by atoms with E-state index in [1.54, 1.807) is 0 Å². The zero-order valence-electron chi connectivity index (χ0n) is 49.1. The van der Waals surface area contributed by atoms with Gasteiger partial charge in [0.15, 0.2) is 31.3 Å². The second-order valence-electron chi connectivity index (χ2n) is 28.2. The van der Waals surface area contributed by atoms with E-state index >= 15 is 4.79 Å². The monoisotopic (exact) mass is 1210 g/mol. The summed E-state index contributed by atoms with van der Waals surface area (Å²) in [6.07, 6.45) is -31.3. The maximum absolute atomic E-state index is 15.4. The lowest BCUT2D eigenvalue weighted by atomic mass is 9.33. The van der Waals surface area contributed by atoms with E-state index in [1.165, 1.54) is 13.8 Å². The summed E-state index contributed by atoms with van der Waals surface area (Å²) >= 11 is 0. The number of carbonyl (C=O) groups is 1. The van der Waals surface area contributed by atoms with Crippen LogP contribution in [0.15, 0.2) is 11.6 Å². The summed E-state index contributed by atoms with van der Waals surface area (Å²) in [5, 5.41) is 164. The molecule has 10 aliphatic rings. The Morgan fingerprint density at radius 2 is 1.13 bits per heavy atom. The normalized spacial score (nSPS) is 55.8. The molecule has 0 spiro atoms. The van der Waals surface area contributed by atoms with Crippen molar-refractivity contribution in [2.24, 2.45) is 50.2 Å². The molecule has 5 aliphatic heterocycles. The van der Waals surface area contributed by atoms with Gasteiger partial charge in [0.1, 0.15) is 91.6 Å². The van der Waals surface area contributed by atoms with Gasteiger partial charge >= 0.3 is 5.97 Å². The Balaban J connectivity index is 0.843. The Hall–Kier alpha value is -1.75. The fourth-order valence-corrected chi connectivity index (χ4v) is 17.5. The number of fused-ring (bicyclic) bond motifs is 7. The molecule has 0 bridgehead atoms. The summed E-state index contributed by atoms with van der Waals surface area (Å²) in [6, 6.07) is 0. The molecule has 0 radical (unpaired) electrons. The van der Waals surface area contributed by atoms with Crippen LogP contribution in [0.1, 0.15) is 113 Å². The van der Waals surface area contributed by atoms with Crippen LogP contribution >= 0.6 is 0 Å². The van der Waals surface area contributed by atoms with E-state index in [2.05, 4.69) is 40.7 Å². The Morgan fingerprint density at radius 1 is 0.548 bits per heavy atom. The van der Waals surface area contributed by atoms with Crippen LogP contribution in [0.5, 0.6) is 0 Å². The van der Waals surface area contributed by atoms with E-state index in [1.807, 2.05) is 6.92 Å². The SMILES string of the molecule is CC1OC(OC2C(O)COC(OC3C(C)OC(OC4C(OC(=O)C56CCC(C)(C)CC5C5=CCC7C8(C)CC(O)C(OC9OC(CO)C(O)C(O)C9O)C(C)(CO)C8CCC7(C)C5(C)CC6)OCC(O)C4O)C(O)C3O)C2O)C(O)C(O)C1O. The van der Waals surface area contributed by atoms with Gasteiger partial charge in [0.2, 0.25) is 6.29 Å². The minimum atomic E-state index is -1.94. The minimum absolute atomic E-state index is 0.0207. The van der Waals surface area contributed by atoms with Gasteiger partial charge in [-0.3, -0.25) is 4.79 Å². The molecule has 5 heterocycles. The van der Waals surface area contributed by atoms with Crippen molar-refractivity contribution in [3.05, 3.63) is 11.6 Å². The van der Waals surface area contributed by atoms with Crippen molar-refractivity contribution in [3.63, 3.8) is 0 Å². The lowest BCUT2D eigenvalue weighted by Gasteiger charge is -2.72. The first-order chi connectivity index (χ1) is 39.3. The molecule has 84 heavy (non-hydrogen) atoms. The smallest absolute Gasteiger partial charge is 0.315 e. The van der Waals surface area contributed by atoms with Gasteiger partial charge < -0.3 is 124 Å². The van der Waals surface area contributed by atoms with E-state index in [-0.39, 0.29) is 41.6 Å². The van der Waals surface area contributed by atoms with Crippen LogP contribution in [0.4, 0.5) is 0 Å². The van der Waals surface area contributed by atoms with E-state index in [0.717, 1.165) is 12.0 Å². The Bertz CT molecular complexity index is 2350. The molecule has 5 aliphatic carbocycles. The number of ether oxygens (including phenoxy) is 10. The average Bonchev–Trinajstić information content (AvgIpc) is 0.682. The molecule has 0 amide bonds. The van der Waals surface area contributed by atoms with Gasteiger partial charge in [0.05, 0.1) is 56.3 Å². The van der Waals surface area contributed by atoms with Crippen LogP contribution in [0.25, 0.3) is 0 Å². The third kappa shape index (κ3) is 10.7. The highest BCUT2D eigenvalue weighted by Gasteiger charge is 2.72. The molecule has 26 heteroatoms. The number of carbonyl (C=O) groups excluding carboxylic acids is 1. The minimum Gasteiger partial charge on any atom is -0.432 e. The molecule has 26 nitrogen and oxygen atoms in total. The maximum Gasteiger partial charge on any atom is 0.315 e. The quantitative estimate of drug-likeness (QED) is 0.0528. The number of rotatable bonds is 12. The molecular weight excluding hydrogens is 1110 g/mol. The van der Waals surface area contributed by atoms with Gasteiger partial charge in [-0.05, 0) is 111 Å². The lowest BCUT2D eigenvalue weighted by molar-refractivity contribution is -0.377. The third-order valence-corrected chi connectivity index (χ3v) is 22.8. The summed E-state index contributed by atoms with van der Waals surface area (Å²) in [4.78, 5) is 15.4. The van der Waals surface area contributed by atoms with Gasteiger partial charge in [0, 0.05) is 5.41 Å². The third-order valence-electron chi connectivity index (χ3n) is 22.8. The molecule has 15 N–H and O–H groups in total. The number of esters is 1. The van der Waals surface area contributed by atoms with Crippen molar-refractivity contribution in [2.45, 2.75) is 267 Å². The highest BCUT2D eigenvalue weighted by Crippen LogP contribution is 2.76. The van der Waals surface area contributed by atoms with Crippen molar-refractivity contribution < 1.29 is 129 Å². The first kappa shape index (κ1) is 65.2. The Labute approximate surface area is 488 Å². The molecule has 0 aromatic rings. The Morgan fingerprint density at radius 3 is 1.80 bits per heavy atom. The molecule has 10 rings (SSSR count). The van der Waals surface area contributed by atoms with Crippen LogP contribution in [0.2, 0.25) is 0 Å². The summed E-state index contributed by atoms with van der Waals surface area (Å²) in [6.45, 7) is 13.9. The first-order valence-electron chi connectivity index (χ1n) is 30.1. The molecule has 5 saturated heterocycles. The van der Waals surface area contributed by atoms with Crippen molar-refractivity contribution in [1.82, 2.24) is 0 Å². The van der Waals surface area contributed by atoms with Crippen LogP contribution < -0.4 is 0 Å². The van der Waals surface area contributed by atoms with Gasteiger partial charge in [-0.15, -0.1) is 0 Å². The predicted molar refractivity (Wildman–Crippen MR) is 283 cm³/mol. The largest absolute Gasteiger partial charge is 0.432 e. The topological polar surface area (TPSA) is 413 Å². The summed E-state index contributed by atoms with van der Waals surface area (Å²) in [5.74, 6) is -1.12. The van der Waals surface area contributed by atoms with E-state index in [9.17, 15) is 76.6 Å². The van der Waals surface area contributed by atoms with Crippen molar-refractivity contribution >= 4 is 5.97 Å². The summed E-state index contributed by atoms with van der Waals surface area (Å²) in [5.41, 5.74) is -2.60. The summed E-state index contributed by atoms with van der Waals surface area (Å²) < 4.78 is 59.3. The highest BCUT2D eigenvalue weighted by atomic mass is 16.8. The maximum atomic E-state index is 15.4. The molecule has 33 atom stereocenters. The van der Waals surface area contributed by atoms with Gasteiger partial charge in [-0.25, -0.2) is 0 Å². The number of aliphatic hydroxyl groups is 15. The average molecular weight is 1210 g/mol. The number of hydrogen-bond acceptors (Lipinski definition) is 26. The molecular formula is C58H94O26. The van der Waals surface area contributed by atoms with E-state index in [4.69, 9.17) is 47.4 Å².